The lowest BCUT2D eigenvalue weighted by molar-refractivity contribution is 0.0568. The van der Waals surface area contributed by atoms with Gasteiger partial charge in [0, 0.05) is 44.9 Å². The third kappa shape index (κ3) is 5.27. The second kappa shape index (κ2) is 10.0. The number of hydrogen-bond donors (Lipinski definition) is 1. The highest BCUT2D eigenvalue weighted by molar-refractivity contribution is 7.89. The number of rotatable bonds is 9. The number of β-amino-alcohol motifs (C(OH)–C–C–N with tert-alkyl or cyclic N) is 1. The molecule has 33 heavy (non-hydrogen) atoms. The molecule has 0 aliphatic carbocycles. The van der Waals surface area contributed by atoms with Crippen LogP contribution in [0.15, 0.2) is 41.3 Å². The number of sulfonamides is 1. The quantitative estimate of drug-likeness (QED) is 0.566. The SMILES string of the molecule is COc1ccc(S(=O)(=O)N2CCN(CC(O)COc3ccc4c(c3)OCO4)CC2)cc1OC. The third-order valence-corrected chi connectivity index (χ3v) is 7.47. The summed E-state index contributed by atoms with van der Waals surface area (Å²) in [6.45, 7) is 2.35. The molecule has 1 N–H and O–H groups in total. The van der Waals surface area contributed by atoms with Gasteiger partial charge < -0.3 is 28.8 Å². The molecule has 1 atom stereocenters. The minimum atomic E-state index is -3.66. The van der Waals surface area contributed by atoms with E-state index in [2.05, 4.69) is 0 Å². The Kier molecular flexibility index (Phi) is 7.13. The molecule has 2 aromatic rings. The van der Waals surface area contributed by atoms with Crippen LogP contribution in [0.3, 0.4) is 0 Å². The molecule has 2 aliphatic rings. The molecule has 0 spiro atoms. The summed E-state index contributed by atoms with van der Waals surface area (Å²) >= 11 is 0. The molecular weight excluding hydrogens is 452 g/mol. The molecule has 0 amide bonds. The fourth-order valence-corrected chi connectivity index (χ4v) is 5.23. The first kappa shape index (κ1) is 23.4. The summed E-state index contributed by atoms with van der Waals surface area (Å²) in [7, 11) is -0.694. The molecule has 0 bridgehead atoms. The standard InChI is InChI=1S/C22H28N2O8S/c1-28-19-6-4-18(12-21(19)29-2)33(26,27)24-9-7-23(8-10-24)13-16(25)14-30-17-3-5-20-22(11-17)32-15-31-20/h3-6,11-12,16,25H,7-10,13-15H2,1-2H3. The molecule has 1 unspecified atom stereocenters. The molecule has 10 nitrogen and oxygen atoms in total. The van der Waals surface area contributed by atoms with Gasteiger partial charge in [-0.3, -0.25) is 4.90 Å². The number of fused-ring (bicyclic) bond motifs is 1. The van der Waals surface area contributed by atoms with Gasteiger partial charge in [-0.05, 0) is 24.3 Å². The number of methoxy groups -OCH3 is 2. The van der Waals surface area contributed by atoms with Crippen molar-refractivity contribution in [3.63, 3.8) is 0 Å². The fourth-order valence-electron chi connectivity index (χ4n) is 3.79. The Morgan fingerprint density at radius 1 is 0.970 bits per heavy atom. The second-order valence-corrected chi connectivity index (χ2v) is 9.64. The van der Waals surface area contributed by atoms with Crippen LogP contribution in [0.5, 0.6) is 28.7 Å². The van der Waals surface area contributed by atoms with Crippen molar-refractivity contribution in [2.24, 2.45) is 0 Å². The summed E-state index contributed by atoms with van der Waals surface area (Å²) in [6.07, 6.45) is -0.718. The average Bonchev–Trinajstić information content (AvgIpc) is 3.30. The van der Waals surface area contributed by atoms with Gasteiger partial charge in [0.05, 0.1) is 19.1 Å². The first-order valence-corrected chi connectivity index (χ1v) is 12.0. The van der Waals surface area contributed by atoms with Gasteiger partial charge in [-0.25, -0.2) is 8.42 Å². The summed E-state index contributed by atoms with van der Waals surface area (Å²) in [4.78, 5) is 2.18. The van der Waals surface area contributed by atoms with Gasteiger partial charge in [0.2, 0.25) is 16.8 Å². The van der Waals surface area contributed by atoms with Crippen LogP contribution in [0.1, 0.15) is 0 Å². The van der Waals surface area contributed by atoms with Crippen LogP contribution in [0.2, 0.25) is 0 Å². The van der Waals surface area contributed by atoms with Crippen LogP contribution in [-0.2, 0) is 10.0 Å². The van der Waals surface area contributed by atoms with Crippen LogP contribution < -0.4 is 23.7 Å². The van der Waals surface area contributed by atoms with Crippen molar-refractivity contribution in [3.8, 4) is 28.7 Å². The minimum absolute atomic E-state index is 0.115. The summed E-state index contributed by atoms with van der Waals surface area (Å²) in [5.74, 6) is 2.71. The summed E-state index contributed by atoms with van der Waals surface area (Å²) < 4.78 is 54.2. The van der Waals surface area contributed by atoms with Crippen molar-refractivity contribution in [3.05, 3.63) is 36.4 Å². The van der Waals surface area contributed by atoms with Gasteiger partial charge in [0.15, 0.2) is 23.0 Å². The zero-order valence-electron chi connectivity index (χ0n) is 18.6. The lowest BCUT2D eigenvalue weighted by Crippen LogP contribution is -2.50. The highest BCUT2D eigenvalue weighted by atomic mass is 32.2. The largest absolute Gasteiger partial charge is 0.493 e. The number of nitrogens with zero attached hydrogens (tertiary/aromatic N) is 2. The van der Waals surface area contributed by atoms with Crippen molar-refractivity contribution in [2.75, 3.05) is 60.3 Å². The molecular formula is C22H28N2O8S. The Hall–Kier alpha value is -2.73. The van der Waals surface area contributed by atoms with E-state index in [-0.39, 0.29) is 18.3 Å². The van der Waals surface area contributed by atoms with E-state index in [1.165, 1.54) is 30.7 Å². The minimum Gasteiger partial charge on any atom is -0.493 e. The monoisotopic (exact) mass is 480 g/mol. The second-order valence-electron chi connectivity index (χ2n) is 7.70. The smallest absolute Gasteiger partial charge is 0.243 e. The van der Waals surface area contributed by atoms with E-state index in [1.54, 1.807) is 24.3 Å². The molecule has 0 radical (unpaired) electrons. The predicted octanol–water partition coefficient (Wildman–Crippen LogP) is 1.18. The number of piperazine rings is 1. The number of ether oxygens (including phenoxy) is 5. The number of hydrogen-bond acceptors (Lipinski definition) is 9. The average molecular weight is 481 g/mol. The maximum atomic E-state index is 13.0. The maximum Gasteiger partial charge on any atom is 0.243 e. The van der Waals surface area contributed by atoms with Gasteiger partial charge in [0.1, 0.15) is 18.5 Å². The van der Waals surface area contributed by atoms with E-state index < -0.39 is 16.1 Å². The van der Waals surface area contributed by atoms with Crippen LogP contribution >= 0.6 is 0 Å². The van der Waals surface area contributed by atoms with E-state index in [9.17, 15) is 13.5 Å². The lowest BCUT2D eigenvalue weighted by atomic mass is 10.3. The number of aliphatic hydroxyl groups excluding tert-OH is 1. The molecule has 2 aliphatic heterocycles. The highest BCUT2D eigenvalue weighted by Gasteiger charge is 2.30. The van der Waals surface area contributed by atoms with Crippen molar-refractivity contribution >= 4 is 10.0 Å². The van der Waals surface area contributed by atoms with Gasteiger partial charge in [0.25, 0.3) is 0 Å². The molecule has 1 saturated heterocycles. The summed E-state index contributed by atoms with van der Waals surface area (Å²) in [5.41, 5.74) is 0. The Labute approximate surface area is 193 Å². The van der Waals surface area contributed by atoms with E-state index in [4.69, 9.17) is 23.7 Å². The Morgan fingerprint density at radius 3 is 2.42 bits per heavy atom. The van der Waals surface area contributed by atoms with E-state index in [1.807, 2.05) is 4.90 Å². The van der Waals surface area contributed by atoms with Crippen LogP contribution in [-0.4, -0.2) is 89.2 Å². The maximum absolute atomic E-state index is 13.0. The van der Waals surface area contributed by atoms with Crippen LogP contribution in [0, 0.1) is 0 Å². The third-order valence-electron chi connectivity index (χ3n) is 5.58. The highest BCUT2D eigenvalue weighted by Crippen LogP contribution is 2.35. The molecule has 0 saturated carbocycles. The molecule has 11 heteroatoms. The van der Waals surface area contributed by atoms with Crippen molar-refractivity contribution < 1.29 is 37.2 Å². The first-order chi connectivity index (χ1) is 15.9. The summed E-state index contributed by atoms with van der Waals surface area (Å²) in [5, 5.41) is 10.4. The zero-order valence-corrected chi connectivity index (χ0v) is 19.4. The van der Waals surface area contributed by atoms with E-state index in [0.717, 1.165) is 0 Å². The van der Waals surface area contributed by atoms with E-state index in [0.29, 0.717) is 61.5 Å². The molecule has 1 fully saturated rings. The van der Waals surface area contributed by atoms with Crippen molar-refractivity contribution in [2.45, 2.75) is 11.0 Å². The lowest BCUT2D eigenvalue weighted by Gasteiger charge is -2.34. The van der Waals surface area contributed by atoms with Crippen LogP contribution in [0.4, 0.5) is 0 Å². The van der Waals surface area contributed by atoms with Crippen molar-refractivity contribution in [1.29, 1.82) is 0 Å². The Morgan fingerprint density at radius 2 is 1.70 bits per heavy atom. The molecule has 2 heterocycles. The van der Waals surface area contributed by atoms with Gasteiger partial charge in [-0.2, -0.15) is 4.31 Å². The number of aliphatic hydroxyl groups is 1. The summed E-state index contributed by atoms with van der Waals surface area (Å²) in [6, 6.07) is 9.82. The molecule has 0 aromatic heterocycles. The molecule has 180 valence electrons. The Balaban J connectivity index is 1.27. The van der Waals surface area contributed by atoms with Crippen molar-refractivity contribution in [1.82, 2.24) is 9.21 Å². The number of benzene rings is 2. The van der Waals surface area contributed by atoms with Crippen LogP contribution in [0.25, 0.3) is 0 Å². The fraction of sp³-hybridized carbons (Fsp3) is 0.455. The van der Waals surface area contributed by atoms with Gasteiger partial charge in [-0.15, -0.1) is 0 Å². The Bertz CT molecular complexity index is 1070. The topological polar surface area (TPSA) is 107 Å². The predicted molar refractivity (Wildman–Crippen MR) is 119 cm³/mol. The molecule has 2 aromatic carbocycles. The first-order valence-electron chi connectivity index (χ1n) is 10.6. The van der Waals surface area contributed by atoms with Gasteiger partial charge >= 0.3 is 0 Å². The van der Waals surface area contributed by atoms with Gasteiger partial charge in [-0.1, -0.05) is 0 Å². The van der Waals surface area contributed by atoms with E-state index >= 15 is 0 Å². The normalized spacial score (nSPS) is 17.5. The zero-order chi connectivity index (χ0) is 23.4. The molecule has 4 rings (SSSR count).